The van der Waals surface area contributed by atoms with Crippen LogP contribution in [0.25, 0.3) is 16.9 Å². The summed E-state index contributed by atoms with van der Waals surface area (Å²) in [6.07, 6.45) is 3.85. The van der Waals surface area contributed by atoms with E-state index in [4.69, 9.17) is 27.9 Å². The molecule has 2 heterocycles. The number of hydrogen-bond acceptors (Lipinski definition) is 3. The number of nitrogens with zero attached hydrogens (tertiary/aromatic N) is 2. The number of carbonyl (C=O) groups excluding carboxylic acids is 1. The van der Waals surface area contributed by atoms with Crippen LogP contribution in [0.2, 0.25) is 10.0 Å². The van der Waals surface area contributed by atoms with Crippen LogP contribution in [0.5, 0.6) is 5.75 Å². The van der Waals surface area contributed by atoms with Crippen molar-refractivity contribution in [1.29, 1.82) is 0 Å². The molecule has 0 spiro atoms. The van der Waals surface area contributed by atoms with Crippen molar-refractivity contribution in [3.8, 4) is 17.0 Å². The fourth-order valence-corrected chi connectivity index (χ4v) is 3.26. The number of rotatable bonds is 5. The van der Waals surface area contributed by atoms with E-state index in [-0.39, 0.29) is 12.5 Å². The number of nitrogens with one attached hydrogen (secondary N) is 1. The summed E-state index contributed by atoms with van der Waals surface area (Å²) in [5.74, 6) is 0.0945. The molecule has 4 rings (SSSR count). The highest BCUT2D eigenvalue weighted by molar-refractivity contribution is 6.35. The molecule has 7 heteroatoms. The average molecular weight is 412 g/mol. The lowest BCUT2D eigenvalue weighted by molar-refractivity contribution is -0.118. The van der Waals surface area contributed by atoms with Crippen molar-refractivity contribution in [2.24, 2.45) is 0 Å². The Morgan fingerprint density at radius 3 is 2.71 bits per heavy atom. The Kier molecular flexibility index (Phi) is 5.19. The van der Waals surface area contributed by atoms with Gasteiger partial charge in [-0.15, -0.1) is 0 Å². The Morgan fingerprint density at radius 2 is 1.89 bits per heavy atom. The maximum atomic E-state index is 12.4. The van der Waals surface area contributed by atoms with Gasteiger partial charge in [0.15, 0.2) is 6.61 Å². The second kappa shape index (κ2) is 7.92. The van der Waals surface area contributed by atoms with Gasteiger partial charge in [-0.25, -0.2) is 4.98 Å². The van der Waals surface area contributed by atoms with E-state index in [0.29, 0.717) is 21.5 Å². The second-order valence-electron chi connectivity index (χ2n) is 6.05. The highest BCUT2D eigenvalue weighted by Crippen LogP contribution is 2.29. The molecule has 0 aliphatic heterocycles. The van der Waals surface area contributed by atoms with Gasteiger partial charge in [0.2, 0.25) is 0 Å². The number of aromatic nitrogens is 2. The summed E-state index contributed by atoms with van der Waals surface area (Å²) in [4.78, 5) is 17.0. The summed E-state index contributed by atoms with van der Waals surface area (Å²) < 4.78 is 7.43. The normalized spacial score (nSPS) is 10.8. The third-order valence-corrected chi connectivity index (χ3v) is 4.62. The van der Waals surface area contributed by atoms with E-state index in [1.54, 1.807) is 18.2 Å². The molecule has 0 aliphatic rings. The minimum absolute atomic E-state index is 0.180. The van der Waals surface area contributed by atoms with Gasteiger partial charge in [-0.3, -0.25) is 4.79 Å². The molecule has 0 unspecified atom stereocenters. The number of fused-ring (bicyclic) bond motifs is 1. The summed E-state index contributed by atoms with van der Waals surface area (Å²) in [5.41, 5.74) is 3.08. The van der Waals surface area contributed by atoms with E-state index in [0.717, 1.165) is 16.9 Å². The maximum Gasteiger partial charge on any atom is 0.262 e. The molecule has 0 bridgehead atoms. The molecule has 1 N–H and O–H groups in total. The molecular weight excluding hydrogens is 397 g/mol. The number of imidazole rings is 1. The molecule has 0 fully saturated rings. The SMILES string of the molecule is O=C(COc1ccc(Cl)cc1Cl)Nc1ccccc1-c1cn2ccccc2n1. The van der Waals surface area contributed by atoms with Crippen LogP contribution in [0.3, 0.4) is 0 Å². The van der Waals surface area contributed by atoms with Gasteiger partial charge in [0.25, 0.3) is 5.91 Å². The first-order valence-corrected chi connectivity index (χ1v) is 9.26. The van der Waals surface area contributed by atoms with Gasteiger partial charge in [-0.05, 0) is 36.4 Å². The summed E-state index contributed by atoms with van der Waals surface area (Å²) in [5, 5.41) is 3.73. The van der Waals surface area contributed by atoms with Crippen LogP contribution in [0.15, 0.2) is 73.1 Å². The molecule has 4 aromatic rings. The average Bonchev–Trinajstić information content (AvgIpc) is 3.12. The predicted molar refractivity (Wildman–Crippen MR) is 111 cm³/mol. The van der Waals surface area contributed by atoms with Crippen molar-refractivity contribution in [1.82, 2.24) is 9.38 Å². The van der Waals surface area contributed by atoms with E-state index in [1.807, 2.05) is 59.3 Å². The number of hydrogen-bond donors (Lipinski definition) is 1. The Bertz CT molecular complexity index is 1120. The molecule has 5 nitrogen and oxygen atoms in total. The number of carbonyl (C=O) groups is 1. The summed E-state index contributed by atoms with van der Waals surface area (Å²) >= 11 is 11.9. The van der Waals surface area contributed by atoms with Crippen molar-refractivity contribution in [2.75, 3.05) is 11.9 Å². The largest absolute Gasteiger partial charge is 0.482 e. The quantitative estimate of drug-likeness (QED) is 0.482. The fraction of sp³-hybridized carbons (Fsp3) is 0.0476. The number of para-hydroxylation sites is 1. The molecule has 2 aromatic heterocycles. The van der Waals surface area contributed by atoms with Crippen LogP contribution in [-0.4, -0.2) is 21.9 Å². The van der Waals surface area contributed by atoms with Crippen LogP contribution in [0, 0.1) is 0 Å². The minimum atomic E-state index is -0.303. The van der Waals surface area contributed by atoms with Crippen molar-refractivity contribution in [3.05, 3.63) is 83.1 Å². The zero-order chi connectivity index (χ0) is 19.5. The van der Waals surface area contributed by atoms with E-state index >= 15 is 0 Å². The van der Waals surface area contributed by atoms with E-state index in [1.165, 1.54) is 0 Å². The van der Waals surface area contributed by atoms with Crippen LogP contribution < -0.4 is 10.1 Å². The lowest BCUT2D eigenvalue weighted by Gasteiger charge is -2.11. The van der Waals surface area contributed by atoms with E-state index < -0.39 is 0 Å². The molecule has 0 radical (unpaired) electrons. The molecule has 0 aliphatic carbocycles. The van der Waals surface area contributed by atoms with Gasteiger partial charge >= 0.3 is 0 Å². The van der Waals surface area contributed by atoms with Crippen molar-refractivity contribution >= 4 is 40.4 Å². The number of anilines is 1. The minimum Gasteiger partial charge on any atom is -0.482 e. The number of pyridine rings is 1. The van der Waals surface area contributed by atoms with Gasteiger partial charge < -0.3 is 14.5 Å². The Balaban J connectivity index is 1.51. The molecule has 28 heavy (non-hydrogen) atoms. The summed E-state index contributed by atoms with van der Waals surface area (Å²) in [6, 6.07) is 18.1. The van der Waals surface area contributed by atoms with Crippen LogP contribution in [-0.2, 0) is 4.79 Å². The first-order chi connectivity index (χ1) is 13.6. The highest BCUT2D eigenvalue weighted by Gasteiger charge is 2.12. The van der Waals surface area contributed by atoms with Gasteiger partial charge in [0.05, 0.1) is 16.4 Å². The van der Waals surface area contributed by atoms with Crippen molar-refractivity contribution in [3.63, 3.8) is 0 Å². The zero-order valence-electron chi connectivity index (χ0n) is 14.6. The summed E-state index contributed by atoms with van der Waals surface area (Å²) in [6.45, 7) is -0.180. The molecule has 0 atom stereocenters. The van der Waals surface area contributed by atoms with Crippen LogP contribution >= 0.6 is 23.2 Å². The summed E-state index contributed by atoms with van der Waals surface area (Å²) in [7, 11) is 0. The standard InChI is InChI=1S/C21H15Cl2N3O2/c22-14-8-9-19(16(23)11-14)28-13-21(27)25-17-6-2-1-5-15(17)18-12-26-10-4-3-7-20(26)24-18/h1-12H,13H2,(H,25,27). The van der Waals surface area contributed by atoms with Crippen molar-refractivity contribution in [2.45, 2.75) is 0 Å². The van der Waals surface area contributed by atoms with Gasteiger partial charge in [-0.2, -0.15) is 0 Å². The number of amides is 1. The Morgan fingerprint density at radius 1 is 1.07 bits per heavy atom. The Hall–Kier alpha value is -3.02. The van der Waals surface area contributed by atoms with Gasteiger partial charge in [0, 0.05) is 23.0 Å². The predicted octanol–water partition coefficient (Wildman–Crippen LogP) is 5.33. The molecule has 0 saturated carbocycles. The van der Waals surface area contributed by atoms with E-state index in [9.17, 15) is 4.79 Å². The molecule has 2 aromatic carbocycles. The van der Waals surface area contributed by atoms with Crippen LogP contribution in [0.1, 0.15) is 0 Å². The lowest BCUT2D eigenvalue weighted by atomic mass is 10.1. The van der Waals surface area contributed by atoms with Gasteiger partial charge in [0.1, 0.15) is 11.4 Å². The highest BCUT2D eigenvalue weighted by atomic mass is 35.5. The number of halogens is 2. The second-order valence-corrected chi connectivity index (χ2v) is 6.89. The zero-order valence-corrected chi connectivity index (χ0v) is 16.1. The molecule has 140 valence electrons. The molecular formula is C21H15Cl2N3O2. The number of ether oxygens (including phenoxy) is 1. The van der Waals surface area contributed by atoms with Crippen LogP contribution in [0.4, 0.5) is 5.69 Å². The third kappa shape index (κ3) is 3.96. The topological polar surface area (TPSA) is 55.6 Å². The monoisotopic (exact) mass is 411 g/mol. The smallest absolute Gasteiger partial charge is 0.262 e. The molecule has 1 amide bonds. The number of benzene rings is 2. The first-order valence-electron chi connectivity index (χ1n) is 8.51. The Labute approximate surface area is 171 Å². The lowest BCUT2D eigenvalue weighted by Crippen LogP contribution is -2.20. The van der Waals surface area contributed by atoms with E-state index in [2.05, 4.69) is 10.3 Å². The van der Waals surface area contributed by atoms with Gasteiger partial charge in [-0.1, -0.05) is 47.5 Å². The molecule has 0 saturated heterocycles. The third-order valence-electron chi connectivity index (χ3n) is 4.09. The maximum absolute atomic E-state index is 12.4. The van der Waals surface area contributed by atoms with Crippen molar-refractivity contribution < 1.29 is 9.53 Å². The fourth-order valence-electron chi connectivity index (χ4n) is 2.80. The first kappa shape index (κ1) is 18.3.